The highest BCUT2D eigenvalue weighted by molar-refractivity contribution is 5.95. The number of aliphatic carboxylic acids is 2. The lowest BCUT2D eigenvalue weighted by Gasteiger charge is -2.13. The van der Waals surface area contributed by atoms with Crippen LogP contribution < -0.4 is 9.47 Å². The van der Waals surface area contributed by atoms with Crippen LogP contribution in [0.2, 0.25) is 0 Å². The second-order valence-electron chi connectivity index (χ2n) is 7.08. The molecule has 0 aliphatic heterocycles. The molecule has 0 heterocycles. The van der Waals surface area contributed by atoms with Crippen LogP contribution in [0.5, 0.6) is 11.5 Å². The molecule has 0 spiro atoms. The molecule has 0 saturated heterocycles. The Bertz CT molecular complexity index is 952. The molecule has 0 aliphatic carbocycles. The fourth-order valence-corrected chi connectivity index (χ4v) is 2.89. The van der Waals surface area contributed by atoms with Crippen molar-refractivity contribution in [3.05, 3.63) is 71.8 Å². The van der Waals surface area contributed by atoms with Crippen LogP contribution in [0.3, 0.4) is 0 Å². The molecule has 10 nitrogen and oxygen atoms in total. The van der Waals surface area contributed by atoms with Crippen LogP contribution in [0.4, 0.5) is 0 Å². The Morgan fingerprint density at radius 1 is 0.600 bits per heavy atom. The zero-order chi connectivity index (χ0) is 25.5. The molecule has 0 aromatic heterocycles. The van der Waals surface area contributed by atoms with E-state index in [0.717, 1.165) is 0 Å². The van der Waals surface area contributed by atoms with Crippen LogP contribution in [-0.4, -0.2) is 60.5 Å². The van der Waals surface area contributed by atoms with Gasteiger partial charge < -0.3 is 29.2 Å². The van der Waals surface area contributed by atoms with Gasteiger partial charge in [-0.3, -0.25) is 14.4 Å². The number of carbonyl (C=O) groups is 4. The first-order valence-corrected chi connectivity index (χ1v) is 10.7. The first kappa shape index (κ1) is 26.9. The van der Waals surface area contributed by atoms with E-state index >= 15 is 0 Å². The van der Waals surface area contributed by atoms with Crippen molar-refractivity contribution in [1.29, 1.82) is 0 Å². The van der Waals surface area contributed by atoms with Crippen LogP contribution in [0, 0.1) is 0 Å². The van der Waals surface area contributed by atoms with Crippen LogP contribution in [0.25, 0.3) is 0 Å². The highest BCUT2D eigenvalue weighted by atomic mass is 16.6. The van der Waals surface area contributed by atoms with Crippen molar-refractivity contribution in [2.45, 2.75) is 19.3 Å². The minimum atomic E-state index is -1.55. The van der Waals surface area contributed by atoms with Gasteiger partial charge in [-0.2, -0.15) is 0 Å². The predicted molar refractivity (Wildman–Crippen MR) is 122 cm³/mol. The Morgan fingerprint density at radius 2 is 1.03 bits per heavy atom. The molecule has 0 unspecified atom stereocenters. The third-order valence-electron chi connectivity index (χ3n) is 4.45. The molecule has 0 saturated carbocycles. The summed E-state index contributed by atoms with van der Waals surface area (Å²) in [4.78, 5) is 47.2. The van der Waals surface area contributed by atoms with E-state index < -0.39 is 48.7 Å². The van der Waals surface area contributed by atoms with Gasteiger partial charge in [0.15, 0.2) is 0 Å². The Labute approximate surface area is 201 Å². The molecule has 35 heavy (non-hydrogen) atoms. The zero-order valence-electron chi connectivity index (χ0n) is 18.9. The molecular weight excluding hydrogens is 460 g/mol. The van der Waals surface area contributed by atoms with E-state index in [1.54, 1.807) is 48.5 Å². The van der Waals surface area contributed by atoms with E-state index in [9.17, 15) is 24.3 Å². The number of hydrogen-bond acceptors (Lipinski definition) is 8. The van der Waals surface area contributed by atoms with Crippen LogP contribution in [0.1, 0.15) is 19.3 Å². The molecule has 2 aromatic carbocycles. The number of carboxylic acid groups (broad SMARTS) is 2. The number of rotatable bonds is 15. The standard InChI is InChI=1S/C25H26O10/c26-22(27)17-21(25(30)31)18(15-23(28)34-13-11-32-19-7-3-1-4-8-19)16-24(29)35-14-12-33-20-9-5-2-6-10-20/h1-10H,11-17H2,(H,26,27)(H,30,31). The molecule has 0 fully saturated rings. The number of benzene rings is 2. The maximum absolute atomic E-state index is 12.3. The van der Waals surface area contributed by atoms with Gasteiger partial charge in [0.1, 0.15) is 37.9 Å². The molecule has 2 aromatic rings. The van der Waals surface area contributed by atoms with E-state index in [0.29, 0.717) is 11.5 Å². The van der Waals surface area contributed by atoms with Crippen molar-refractivity contribution in [3.8, 4) is 11.5 Å². The second-order valence-corrected chi connectivity index (χ2v) is 7.08. The van der Waals surface area contributed by atoms with Gasteiger partial charge in [0.2, 0.25) is 0 Å². The molecule has 0 radical (unpaired) electrons. The van der Waals surface area contributed by atoms with Crippen molar-refractivity contribution in [1.82, 2.24) is 0 Å². The highest BCUT2D eigenvalue weighted by Crippen LogP contribution is 2.19. The number of esters is 2. The zero-order valence-corrected chi connectivity index (χ0v) is 18.9. The third-order valence-corrected chi connectivity index (χ3v) is 4.45. The lowest BCUT2D eigenvalue weighted by molar-refractivity contribution is -0.145. The molecule has 186 valence electrons. The minimum Gasteiger partial charge on any atom is -0.490 e. The van der Waals surface area contributed by atoms with Crippen LogP contribution in [0.15, 0.2) is 71.8 Å². The fraction of sp³-hybridized carbons (Fsp3) is 0.280. The lowest BCUT2D eigenvalue weighted by atomic mass is 9.99. The Hall–Kier alpha value is -4.34. The summed E-state index contributed by atoms with van der Waals surface area (Å²) in [5, 5.41) is 18.5. The van der Waals surface area contributed by atoms with Crippen molar-refractivity contribution in [2.75, 3.05) is 26.4 Å². The minimum absolute atomic E-state index is 0.0547. The molecule has 0 bridgehead atoms. The average Bonchev–Trinajstić information content (AvgIpc) is 2.84. The first-order valence-electron chi connectivity index (χ1n) is 10.7. The summed E-state index contributed by atoms with van der Waals surface area (Å²) in [6.45, 7) is -0.133. The molecule has 2 rings (SSSR count). The molecule has 0 amide bonds. The topological polar surface area (TPSA) is 146 Å². The molecular formula is C25H26O10. The fourth-order valence-electron chi connectivity index (χ4n) is 2.89. The maximum Gasteiger partial charge on any atom is 0.332 e. The summed E-state index contributed by atoms with van der Waals surface area (Å²) in [7, 11) is 0. The molecule has 10 heteroatoms. The van der Waals surface area contributed by atoms with Crippen molar-refractivity contribution < 1.29 is 48.3 Å². The predicted octanol–water partition coefficient (Wildman–Crippen LogP) is 2.87. The number of carbonyl (C=O) groups excluding carboxylic acids is 2. The largest absolute Gasteiger partial charge is 0.490 e. The number of carboxylic acids is 2. The quantitative estimate of drug-likeness (QED) is 0.219. The number of hydrogen-bond donors (Lipinski definition) is 2. The Balaban J connectivity index is 1.91. The van der Waals surface area contributed by atoms with Crippen molar-refractivity contribution in [2.24, 2.45) is 0 Å². The molecule has 0 atom stereocenters. The summed E-state index contributed by atoms with van der Waals surface area (Å²) >= 11 is 0. The van der Waals surface area contributed by atoms with Crippen molar-refractivity contribution >= 4 is 23.9 Å². The number of ether oxygens (including phenoxy) is 4. The lowest BCUT2D eigenvalue weighted by Crippen LogP contribution is -2.19. The van der Waals surface area contributed by atoms with E-state index in [2.05, 4.69) is 0 Å². The van der Waals surface area contributed by atoms with Gasteiger partial charge in [-0.05, 0) is 29.8 Å². The maximum atomic E-state index is 12.3. The van der Waals surface area contributed by atoms with Crippen molar-refractivity contribution in [3.63, 3.8) is 0 Å². The SMILES string of the molecule is O=C(O)CC(C(=O)O)=C(CC(=O)OCCOc1ccccc1)CC(=O)OCCOc1ccccc1. The summed E-state index contributed by atoms with van der Waals surface area (Å²) in [6, 6.07) is 17.7. The summed E-state index contributed by atoms with van der Waals surface area (Å²) in [6.07, 6.45) is -2.05. The summed E-state index contributed by atoms with van der Waals surface area (Å²) < 4.78 is 20.9. The molecule has 2 N–H and O–H groups in total. The van der Waals surface area contributed by atoms with Gasteiger partial charge in [0.05, 0.1) is 19.3 Å². The second kappa shape index (κ2) is 14.7. The van der Waals surface area contributed by atoms with E-state index in [1.807, 2.05) is 12.1 Å². The van der Waals surface area contributed by atoms with E-state index in [1.165, 1.54) is 0 Å². The van der Waals surface area contributed by atoms with Gasteiger partial charge in [0.25, 0.3) is 0 Å². The number of para-hydroxylation sites is 2. The summed E-state index contributed by atoms with van der Waals surface area (Å²) in [5.41, 5.74) is -0.782. The first-order chi connectivity index (χ1) is 16.8. The average molecular weight is 486 g/mol. The van der Waals surface area contributed by atoms with Gasteiger partial charge in [-0.15, -0.1) is 0 Å². The van der Waals surface area contributed by atoms with Gasteiger partial charge in [0, 0.05) is 5.57 Å². The summed E-state index contributed by atoms with van der Waals surface area (Å²) in [5.74, 6) is -3.48. The normalized spacial score (nSPS) is 10.1. The van der Waals surface area contributed by atoms with Gasteiger partial charge in [-0.25, -0.2) is 4.79 Å². The molecule has 0 aliphatic rings. The van der Waals surface area contributed by atoms with E-state index in [4.69, 9.17) is 24.1 Å². The monoisotopic (exact) mass is 486 g/mol. The van der Waals surface area contributed by atoms with Crippen LogP contribution in [-0.2, 0) is 28.7 Å². The van der Waals surface area contributed by atoms with E-state index in [-0.39, 0.29) is 32.0 Å². The van der Waals surface area contributed by atoms with Crippen LogP contribution >= 0.6 is 0 Å². The smallest absolute Gasteiger partial charge is 0.332 e. The highest BCUT2D eigenvalue weighted by Gasteiger charge is 2.23. The third kappa shape index (κ3) is 10.9. The van der Waals surface area contributed by atoms with Gasteiger partial charge >= 0.3 is 23.9 Å². The van der Waals surface area contributed by atoms with Gasteiger partial charge in [-0.1, -0.05) is 36.4 Å². The Morgan fingerprint density at radius 3 is 1.40 bits per heavy atom. The Kier molecular flexibility index (Phi) is 11.3.